The fourth-order valence-corrected chi connectivity index (χ4v) is 3.21. The maximum atomic E-state index is 11.1. The van der Waals surface area contributed by atoms with E-state index in [2.05, 4.69) is 15.9 Å². The SMILES string of the molecule is CN(CCC(N)c1ccc(Br)cc1Cl)CCS(C)(=O)=O. The standard InChI is InChI=1S/C13H20BrClN2O2S/c1-17(7-8-20(2,18)19)6-5-13(16)11-4-3-10(14)9-12(11)15/h3-4,9,13H,5-8,16H2,1-2H3. The van der Waals surface area contributed by atoms with Crippen LogP contribution in [0.3, 0.4) is 0 Å². The monoisotopic (exact) mass is 382 g/mol. The summed E-state index contributed by atoms with van der Waals surface area (Å²) in [5, 5.41) is 0.644. The Bertz CT molecular complexity index is 551. The van der Waals surface area contributed by atoms with Crippen molar-refractivity contribution in [3.8, 4) is 0 Å². The third kappa shape index (κ3) is 6.54. The van der Waals surface area contributed by atoms with E-state index >= 15 is 0 Å². The van der Waals surface area contributed by atoms with Crippen molar-refractivity contribution in [2.24, 2.45) is 5.73 Å². The maximum absolute atomic E-state index is 11.1. The summed E-state index contributed by atoms with van der Waals surface area (Å²) in [4.78, 5) is 1.97. The lowest BCUT2D eigenvalue weighted by Crippen LogP contribution is -2.28. The first-order chi connectivity index (χ1) is 9.19. The number of benzene rings is 1. The highest BCUT2D eigenvalue weighted by Gasteiger charge is 2.12. The number of halogens is 2. The summed E-state index contributed by atoms with van der Waals surface area (Å²) in [6.45, 7) is 1.24. The highest BCUT2D eigenvalue weighted by Crippen LogP contribution is 2.26. The smallest absolute Gasteiger partial charge is 0.148 e. The fraction of sp³-hybridized carbons (Fsp3) is 0.538. The van der Waals surface area contributed by atoms with Gasteiger partial charge in [-0.25, -0.2) is 8.42 Å². The van der Waals surface area contributed by atoms with Crippen LogP contribution >= 0.6 is 27.5 Å². The first-order valence-corrected chi connectivity index (χ1v) is 9.49. The highest BCUT2D eigenvalue weighted by atomic mass is 79.9. The Morgan fingerprint density at radius 3 is 2.60 bits per heavy atom. The van der Waals surface area contributed by atoms with Crippen molar-refractivity contribution in [3.63, 3.8) is 0 Å². The summed E-state index contributed by atoms with van der Waals surface area (Å²) in [6, 6.07) is 5.49. The minimum Gasteiger partial charge on any atom is -0.324 e. The molecular weight excluding hydrogens is 364 g/mol. The lowest BCUT2D eigenvalue weighted by Gasteiger charge is -2.20. The molecule has 0 aliphatic carbocycles. The average molecular weight is 384 g/mol. The van der Waals surface area contributed by atoms with Crippen LogP contribution in [0.15, 0.2) is 22.7 Å². The van der Waals surface area contributed by atoms with Gasteiger partial charge in [-0.15, -0.1) is 0 Å². The van der Waals surface area contributed by atoms with Crippen LogP contribution in [0.1, 0.15) is 18.0 Å². The number of hydrogen-bond donors (Lipinski definition) is 1. The van der Waals surface area contributed by atoms with E-state index in [1.807, 2.05) is 30.1 Å². The first-order valence-electron chi connectivity index (χ1n) is 6.26. The van der Waals surface area contributed by atoms with Crippen LogP contribution in [-0.2, 0) is 9.84 Å². The Morgan fingerprint density at radius 1 is 1.40 bits per heavy atom. The molecule has 0 saturated carbocycles. The van der Waals surface area contributed by atoms with Crippen molar-refractivity contribution < 1.29 is 8.42 Å². The molecule has 0 aliphatic heterocycles. The fourth-order valence-electron chi connectivity index (χ4n) is 1.75. The van der Waals surface area contributed by atoms with Gasteiger partial charge in [-0.1, -0.05) is 33.6 Å². The van der Waals surface area contributed by atoms with Gasteiger partial charge in [0.2, 0.25) is 0 Å². The van der Waals surface area contributed by atoms with Gasteiger partial charge in [0.05, 0.1) is 5.75 Å². The predicted octanol–water partition coefficient (Wildman–Crippen LogP) is 2.47. The summed E-state index contributed by atoms with van der Waals surface area (Å²) in [7, 11) is -1.03. The average Bonchev–Trinajstić information content (AvgIpc) is 2.32. The molecule has 0 bridgehead atoms. The van der Waals surface area contributed by atoms with E-state index in [0.717, 1.165) is 23.0 Å². The summed E-state index contributed by atoms with van der Waals surface area (Å²) in [5.74, 6) is 0.164. The van der Waals surface area contributed by atoms with E-state index in [0.29, 0.717) is 11.6 Å². The number of nitrogens with zero attached hydrogens (tertiary/aromatic N) is 1. The van der Waals surface area contributed by atoms with Crippen molar-refractivity contribution in [3.05, 3.63) is 33.3 Å². The number of nitrogens with two attached hydrogens (primary N) is 1. The van der Waals surface area contributed by atoms with Crippen molar-refractivity contribution in [1.82, 2.24) is 4.90 Å². The van der Waals surface area contributed by atoms with Crippen LogP contribution in [0, 0.1) is 0 Å². The number of rotatable bonds is 7. The molecule has 1 aromatic rings. The Balaban J connectivity index is 2.48. The van der Waals surface area contributed by atoms with Crippen LogP contribution in [0.2, 0.25) is 5.02 Å². The normalized spacial score (nSPS) is 13.7. The molecule has 0 aromatic heterocycles. The van der Waals surface area contributed by atoms with E-state index in [1.54, 1.807) is 0 Å². The molecule has 1 aromatic carbocycles. The number of sulfone groups is 1. The highest BCUT2D eigenvalue weighted by molar-refractivity contribution is 9.10. The Kier molecular flexibility index (Phi) is 6.94. The van der Waals surface area contributed by atoms with E-state index < -0.39 is 9.84 Å². The summed E-state index contributed by atoms with van der Waals surface area (Å²) in [5.41, 5.74) is 7.04. The van der Waals surface area contributed by atoms with Gasteiger partial charge in [-0.3, -0.25) is 0 Å². The van der Waals surface area contributed by atoms with E-state index in [4.69, 9.17) is 17.3 Å². The molecule has 1 unspecified atom stereocenters. The van der Waals surface area contributed by atoms with Crippen LogP contribution < -0.4 is 5.73 Å². The largest absolute Gasteiger partial charge is 0.324 e. The van der Waals surface area contributed by atoms with Gasteiger partial charge >= 0.3 is 0 Å². The van der Waals surface area contributed by atoms with Crippen LogP contribution in [0.5, 0.6) is 0 Å². The minimum absolute atomic E-state index is 0.156. The Hall–Kier alpha value is -0.140. The Labute approximate surface area is 134 Å². The summed E-state index contributed by atoms with van der Waals surface area (Å²) >= 11 is 9.51. The quantitative estimate of drug-likeness (QED) is 0.785. The van der Waals surface area contributed by atoms with Gasteiger partial charge in [0, 0.05) is 28.3 Å². The first kappa shape index (κ1) is 17.9. The molecule has 0 radical (unpaired) electrons. The third-order valence-corrected chi connectivity index (χ3v) is 4.77. The topological polar surface area (TPSA) is 63.4 Å². The molecule has 7 heteroatoms. The lowest BCUT2D eigenvalue weighted by atomic mass is 10.0. The second-order valence-electron chi connectivity index (χ2n) is 4.99. The molecule has 2 N–H and O–H groups in total. The third-order valence-electron chi connectivity index (χ3n) is 3.03. The molecule has 0 saturated heterocycles. The van der Waals surface area contributed by atoms with Crippen molar-refractivity contribution >= 4 is 37.4 Å². The molecule has 1 rings (SSSR count). The number of hydrogen-bond acceptors (Lipinski definition) is 4. The molecule has 0 aliphatic rings. The van der Waals surface area contributed by atoms with Gasteiger partial charge in [0.25, 0.3) is 0 Å². The second-order valence-corrected chi connectivity index (χ2v) is 8.58. The van der Waals surface area contributed by atoms with Crippen molar-refractivity contribution in [1.29, 1.82) is 0 Å². The van der Waals surface area contributed by atoms with Crippen molar-refractivity contribution in [2.45, 2.75) is 12.5 Å². The van der Waals surface area contributed by atoms with Gasteiger partial charge in [-0.05, 0) is 37.7 Å². The van der Waals surface area contributed by atoms with Gasteiger partial charge in [-0.2, -0.15) is 0 Å². The molecule has 0 amide bonds. The summed E-state index contributed by atoms with van der Waals surface area (Å²) < 4.78 is 23.1. The van der Waals surface area contributed by atoms with Gasteiger partial charge in [0.15, 0.2) is 0 Å². The zero-order valence-corrected chi connectivity index (χ0v) is 14.8. The minimum atomic E-state index is -2.92. The van der Waals surface area contributed by atoms with Crippen LogP contribution in [-0.4, -0.2) is 45.5 Å². The molecule has 20 heavy (non-hydrogen) atoms. The van der Waals surface area contributed by atoms with Crippen LogP contribution in [0.25, 0.3) is 0 Å². The maximum Gasteiger partial charge on any atom is 0.148 e. The zero-order chi connectivity index (χ0) is 15.3. The molecule has 0 fully saturated rings. The second kappa shape index (κ2) is 7.75. The summed E-state index contributed by atoms with van der Waals surface area (Å²) in [6.07, 6.45) is 1.97. The molecular formula is C13H20BrClN2O2S. The van der Waals surface area contributed by atoms with Crippen LogP contribution in [0.4, 0.5) is 0 Å². The van der Waals surface area contributed by atoms with Crippen molar-refractivity contribution in [2.75, 3.05) is 32.1 Å². The molecule has 0 heterocycles. The lowest BCUT2D eigenvalue weighted by molar-refractivity contribution is 0.335. The molecule has 114 valence electrons. The Morgan fingerprint density at radius 2 is 2.05 bits per heavy atom. The van der Waals surface area contributed by atoms with E-state index in [1.165, 1.54) is 6.26 Å². The van der Waals surface area contributed by atoms with E-state index in [-0.39, 0.29) is 11.8 Å². The molecule has 0 spiro atoms. The zero-order valence-electron chi connectivity index (χ0n) is 11.6. The van der Waals surface area contributed by atoms with E-state index in [9.17, 15) is 8.42 Å². The predicted molar refractivity (Wildman–Crippen MR) is 87.9 cm³/mol. The molecule has 4 nitrogen and oxygen atoms in total. The van der Waals surface area contributed by atoms with Gasteiger partial charge in [0.1, 0.15) is 9.84 Å². The van der Waals surface area contributed by atoms with Gasteiger partial charge < -0.3 is 10.6 Å². The molecule has 1 atom stereocenters.